The monoisotopic (exact) mass is 208 g/mol. The van der Waals surface area contributed by atoms with Crippen LogP contribution in [-0.2, 0) is 0 Å². The lowest BCUT2D eigenvalue weighted by Crippen LogP contribution is -2.49. The number of rotatable bonds is 2. The highest BCUT2D eigenvalue weighted by Gasteiger charge is 2.23. The molecule has 1 aliphatic carbocycles. The molecule has 0 bridgehead atoms. The number of H-pyrrole nitrogens is 1. The van der Waals surface area contributed by atoms with Crippen molar-refractivity contribution in [3.63, 3.8) is 0 Å². The van der Waals surface area contributed by atoms with Crippen molar-refractivity contribution in [1.82, 2.24) is 15.5 Å². The Morgan fingerprint density at radius 2 is 2.33 bits per heavy atom. The van der Waals surface area contributed by atoms with Gasteiger partial charge in [-0.15, -0.1) is 0 Å². The maximum Gasteiger partial charge on any atom is 0.269 e. The molecule has 1 heterocycles. The SMILES string of the molecule is N[C@@H]1CCCC[C@H]1NC(=O)c1ccn[nH]1. The molecule has 82 valence electrons. The molecule has 0 radical (unpaired) electrons. The summed E-state index contributed by atoms with van der Waals surface area (Å²) in [6.45, 7) is 0. The maximum absolute atomic E-state index is 11.7. The molecule has 0 saturated heterocycles. The van der Waals surface area contributed by atoms with Gasteiger partial charge in [0.25, 0.3) is 5.91 Å². The Morgan fingerprint density at radius 3 is 3.00 bits per heavy atom. The van der Waals surface area contributed by atoms with Crippen LogP contribution < -0.4 is 11.1 Å². The average Bonchev–Trinajstić information content (AvgIpc) is 2.74. The number of hydrogen-bond donors (Lipinski definition) is 3. The molecule has 1 aliphatic rings. The molecule has 1 saturated carbocycles. The molecule has 0 spiro atoms. The summed E-state index contributed by atoms with van der Waals surface area (Å²) in [4.78, 5) is 11.7. The van der Waals surface area contributed by atoms with Crippen LogP contribution in [0.4, 0.5) is 0 Å². The molecule has 0 aromatic carbocycles. The van der Waals surface area contributed by atoms with Crippen molar-refractivity contribution >= 4 is 5.91 Å². The van der Waals surface area contributed by atoms with Gasteiger partial charge in [0.1, 0.15) is 5.69 Å². The Labute approximate surface area is 88.4 Å². The predicted octanol–water partition coefficient (Wildman–Crippen LogP) is 0.409. The third-order valence-corrected chi connectivity index (χ3v) is 2.88. The number of nitrogens with zero attached hydrogens (tertiary/aromatic N) is 1. The van der Waals surface area contributed by atoms with E-state index >= 15 is 0 Å². The molecule has 0 unspecified atom stereocenters. The first kappa shape index (κ1) is 10.2. The minimum atomic E-state index is -0.116. The number of hydrogen-bond acceptors (Lipinski definition) is 3. The number of nitrogens with one attached hydrogen (secondary N) is 2. The van der Waals surface area contributed by atoms with Crippen LogP contribution in [-0.4, -0.2) is 28.2 Å². The van der Waals surface area contributed by atoms with Gasteiger partial charge in [0.05, 0.1) is 0 Å². The van der Waals surface area contributed by atoms with Crippen molar-refractivity contribution in [2.45, 2.75) is 37.8 Å². The van der Waals surface area contributed by atoms with Crippen molar-refractivity contribution in [2.24, 2.45) is 5.73 Å². The van der Waals surface area contributed by atoms with Gasteiger partial charge in [-0.25, -0.2) is 0 Å². The fourth-order valence-electron chi connectivity index (χ4n) is 1.97. The van der Waals surface area contributed by atoms with Crippen LogP contribution >= 0.6 is 0 Å². The fraction of sp³-hybridized carbons (Fsp3) is 0.600. The van der Waals surface area contributed by atoms with Crippen molar-refractivity contribution in [1.29, 1.82) is 0 Å². The number of carbonyl (C=O) groups is 1. The van der Waals surface area contributed by atoms with Gasteiger partial charge in [-0.2, -0.15) is 5.10 Å². The van der Waals surface area contributed by atoms with E-state index in [-0.39, 0.29) is 18.0 Å². The zero-order valence-corrected chi connectivity index (χ0v) is 8.57. The highest BCUT2D eigenvalue weighted by molar-refractivity contribution is 5.92. The Kier molecular flexibility index (Phi) is 3.01. The average molecular weight is 208 g/mol. The normalized spacial score (nSPS) is 26.2. The summed E-state index contributed by atoms with van der Waals surface area (Å²) in [5, 5.41) is 9.31. The third kappa shape index (κ3) is 2.36. The van der Waals surface area contributed by atoms with Gasteiger partial charge < -0.3 is 11.1 Å². The summed E-state index contributed by atoms with van der Waals surface area (Å²) >= 11 is 0. The summed E-state index contributed by atoms with van der Waals surface area (Å²) in [6, 6.07) is 1.85. The predicted molar refractivity (Wildman–Crippen MR) is 56.3 cm³/mol. The molecule has 0 aliphatic heterocycles. The molecule has 2 rings (SSSR count). The van der Waals surface area contributed by atoms with E-state index in [1.807, 2.05) is 0 Å². The number of amides is 1. The molecule has 4 N–H and O–H groups in total. The van der Waals surface area contributed by atoms with E-state index < -0.39 is 0 Å². The van der Waals surface area contributed by atoms with Crippen molar-refractivity contribution in [3.05, 3.63) is 18.0 Å². The highest BCUT2D eigenvalue weighted by atomic mass is 16.2. The van der Waals surface area contributed by atoms with Crippen LogP contribution in [0.2, 0.25) is 0 Å². The molecule has 1 aromatic heterocycles. The highest BCUT2D eigenvalue weighted by Crippen LogP contribution is 2.17. The van der Waals surface area contributed by atoms with Crippen LogP contribution in [0.15, 0.2) is 12.3 Å². The summed E-state index contributed by atoms with van der Waals surface area (Å²) in [5.41, 5.74) is 6.43. The van der Waals surface area contributed by atoms with Crippen LogP contribution in [0.3, 0.4) is 0 Å². The lowest BCUT2D eigenvalue weighted by atomic mass is 9.91. The third-order valence-electron chi connectivity index (χ3n) is 2.88. The summed E-state index contributed by atoms with van der Waals surface area (Å²) in [7, 11) is 0. The Morgan fingerprint density at radius 1 is 1.53 bits per heavy atom. The van der Waals surface area contributed by atoms with E-state index in [1.54, 1.807) is 12.3 Å². The topological polar surface area (TPSA) is 83.8 Å². The van der Waals surface area contributed by atoms with E-state index in [0.717, 1.165) is 25.7 Å². The molecule has 5 heteroatoms. The van der Waals surface area contributed by atoms with Gasteiger partial charge in [-0.3, -0.25) is 9.89 Å². The number of aromatic nitrogens is 2. The summed E-state index contributed by atoms with van der Waals surface area (Å²) < 4.78 is 0. The summed E-state index contributed by atoms with van der Waals surface area (Å²) in [6.07, 6.45) is 5.84. The minimum absolute atomic E-state index is 0.0885. The standard InChI is InChI=1S/C10H16N4O/c11-7-3-1-2-4-8(7)13-10(15)9-5-6-12-14-9/h5-8H,1-4,11H2,(H,12,14)(H,13,15)/t7-,8-/m1/s1. The fourth-order valence-corrected chi connectivity index (χ4v) is 1.97. The molecular formula is C10H16N4O. The molecular weight excluding hydrogens is 192 g/mol. The molecule has 2 atom stereocenters. The van der Waals surface area contributed by atoms with E-state index in [0.29, 0.717) is 5.69 Å². The lowest BCUT2D eigenvalue weighted by molar-refractivity contribution is 0.0916. The van der Waals surface area contributed by atoms with E-state index in [9.17, 15) is 4.79 Å². The van der Waals surface area contributed by atoms with Crippen molar-refractivity contribution < 1.29 is 4.79 Å². The van der Waals surface area contributed by atoms with Gasteiger partial charge in [-0.05, 0) is 18.9 Å². The first-order valence-electron chi connectivity index (χ1n) is 5.33. The number of aromatic amines is 1. The number of nitrogens with two attached hydrogens (primary N) is 1. The van der Waals surface area contributed by atoms with Crippen LogP contribution in [0.5, 0.6) is 0 Å². The maximum atomic E-state index is 11.7. The second kappa shape index (κ2) is 4.44. The van der Waals surface area contributed by atoms with Crippen LogP contribution in [0.25, 0.3) is 0 Å². The molecule has 5 nitrogen and oxygen atoms in total. The van der Waals surface area contributed by atoms with Crippen molar-refractivity contribution in [3.8, 4) is 0 Å². The Balaban J connectivity index is 1.93. The van der Waals surface area contributed by atoms with Gasteiger partial charge in [0.15, 0.2) is 0 Å². The van der Waals surface area contributed by atoms with Gasteiger partial charge in [-0.1, -0.05) is 12.8 Å². The lowest BCUT2D eigenvalue weighted by Gasteiger charge is -2.29. The van der Waals surface area contributed by atoms with Gasteiger partial charge in [0.2, 0.25) is 0 Å². The Hall–Kier alpha value is -1.36. The summed E-state index contributed by atoms with van der Waals surface area (Å²) in [5.74, 6) is -0.116. The second-order valence-corrected chi connectivity index (χ2v) is 4.00. The molecule has 15 heavy (non-hydrogen) atoms. The number of carbonyl (C=O) groups excluding carboxylic acids is 1. The van der Waals surface area contributed by atoms with Gasteiger partial charge in [0, 0.05) is 18.3 Å². The zero-order chi connectivity index (χ0) is 10.7. The quantitative estimate of drug-likeness (QED) is 0.658. The van der Waals surface area contributed by atoms with Crippen LogP contribution in [0, 0.1) is 0 Å². The molecule has 1 amide bonds. The van der Waals surface area contributed by atoms with E-state index in [1.165, 1.54) is 0 Å². The van der Waals surface area contributed by atoms with Crippen LogP contribution in [0.1, 0.15) is 36.2 Å². The smallest absolute Gasteiger partial charge is 0.269 e. The molecule has 1 fully saturated rings. The Bertz CT molecular complexity index is 322. The molecule has 1 aromatic rings. The van der Waals surface area contributed by atoms with Crippen molar-refractivity contribution in [2.75, 3.05) is 0 Å². The van der Waals surface area contributed by atoms with Gasteiger partial charge >= 0.3 is 0 Å². The largest absolute Gasteiger partial charge is 0.346 e. The minimum Gasteiger partial charge on any atom is -0.346 e. The first-order valence-corrected chi connectivity index (χ1v) is 5.33. The first-order chi connectivity index (χ1) is 7.27. The van der Waals surface area contributed by atoms with E-state index in [4.69, 9.17) is 5.73 Å². The second-order valence-electron chi connectivity index (χ2n) is 4.00. The van der Waals surface area contributed by atoms with E-state index in [2.05, 4.69) is 15.5 Å². The zero-order valence-electron chi connectivity index (χ0n) is 8.57.